The number of likely N-dealkylation sites (N-methyl/N-ethyl adjacent to an activating group) is 1. The smallest absolute Gasteiger partial charge is 0.410 e. The molecule has 576 valence electrons. The lowest BCUT2D eigenvalue weighted by Crippen LogP contribution is -2.59. The van der Waals surface area contributed by atoms with E-state index in [1.54, 1.807) is 90.1 Å². The lowest BCUT2D eigenvalue weighted by atomic mass is 10.0. The van der Waals surface area contributed by atoms with E-state index in [0.29, 0.717) is 78.8 Å². The minimum atomic E-state index is -1.37. The summed E-state index contributed by atoms with van der Waals surface area (Å²) < 4.78 is 26.2. The number of unbranched alkanes of at least 4 members (excludes halogenated alkanes) is 3. The van der Waals surface area contributed by atoms with Gasteiger partial charge in [0.25, 0.3) is 5.91 Å². The number of hydrogen-bond acceptors (Lipinski definition) is 22. The van der Waals surface area contributed by atoms with Gasteiger partial charge in [0.05, 0.1) is 42.8 Å². The van der Waals surface area contributed by atoms with Gasteiger partial charge < -0.3 is 60.6 Å². The topological polar surface area (TPSA) is 360 Å². The molecule has 30 nitrogen and oxygen atoms in total. The highest BCUT2D eigenvalue weighted by Crippen LogP contribution is 2.34. The Balaban J connectivity index is 0.966. The zero-order chi connectivity index (χ0) is 77.4. The van der Waals surface area contributed by atoms with Crippen molar-refractivity contribution in [3.63, 3.8) is 0 Å². The molecule has 0 spiro atoms. The minimum Gasteiger partial charge on any atom is -0.444 e. The van der Waals surface area contributed by atoms with Crippen LogP contribution >= 0.6 is 35.3 Å². The SMILES string of the molecule is C[C@H](CN(C)C(=O)OC(C)(C)C)C(=O)N[C@H](C(=O)n1nnnc1Sc1ccccc1)[C@@H](C)OCC#Cc1cc(C#CCO[C@H](C)[C@H](NC(=O)[C@H](C)N(C)C(=O)OC(C)(C)C)C(=O)N2CCC[C@H]2Cn2nnnc2Sc2ccccc2)cc(NC(=O)CCCCCNC(=O)CCCCC2SC[C@@H]3NC(=O)N[C@H]23)c1. The normalized spacial score (nSPS) is 17.7. The lowest BCUT2D eigenvalue weighted by molar-refractivity contribution is -0.142. The number of anilines is 1. The van der Waals surface area contributed by atoms with E-state index in [1.807, 2.05) is 72.4 Å². The predicted molar refractivity (Wildman–Crippen MR) is 403 cm³/mol. The molecule has 3 saturated heterocycles. The van der Waals surface area contributed by atoms with Crippen molar-refractivity contribution >= 4 is 94.6 Å². The molecule has 3 fully saturated rings. The van der Waals surface area contributed by atoms with Crippen molar-refractivity contribution in [2.24, 2.45) is 5.92 Å². The summed E-state index contributed by atoms with van der Waals surface area (Å²) in [5, 5.41) is 42.9. The molecule has 33 heteroatoms. The number of nitrogens with zero attached hydrogens (tertiary/aromatic N) is 11. The number of carbonyl (C=O) groups is 9. The first-order chi connectivity index (χ1) is 51.0. The summed E-state index contributed by atoms with van der Waals surface area (Å²) in [5.41, 5.74) is -0.433. The number of likely N-dealkylation sites (tertiary alicyclic amines) is 1. The average Bonchev–Trinajstić information content (AvgIpc) is 1.69. The molecule has 107 heavy (non-hydrogen) atoms. The molecule has 0 aliphatic carbocycles. The predicted octanol–water partition coefficient (Wildman–Crippen LogP) is 7.58. The van der Waals surface area contributed by atoms with E-state index in [0.717, 1.165) is 56.1 Å². The van der Waals surface area contributed by atoms with E-state index >= 15 is 0 Å². The molecule has 10 atom stereocenters. The molecule has 8 rings (SSSR count). The number of benzene rings is 3. The quantitative estimate of drug-likeness (QED) is 0.0102. The first-order valence-electron chi connectivity index (χ1n) is 36.0. The number of thioether (sulfide) groups is 1. The molecule has 3 aliphatic rings. The van der Waals surface area contributed by atoms with Crippen molar-refractivity contribution in [3.05, 3.63) is 90.0 Å². The van der Waals surface area contributed by atoms with Crippen LogP contribution in [0.4, 0.5) is 20.1 Å². The summed E-state index contributed by atoms with van der Waals surface area (Å²) in [6.07, 6.45) is 2.91. The van der Waals surface area contributed by atoms with Crippen molar-refractivity contribution in [2.75, 3.05) is 58.0 Å². The zero-order valence-corrected chi connectivity index (χ0v) is 65.2. The van der Waals surface area contributed by atoms with Crippen molar-refractivity contribution < 1.29 is 62.1 Å². The summed E-state index contributed by atoms with van der Waals surface area (Å²) in [6, 6.07) is 19.9. The Kier molecular flexibility index (Phi) is 31.2. The molecule has 5 aromatic rings. The number of nitrogens with one attached hydrogen (secondary N) is 6. The van der Waals surface area contributed by atoms with Crippen LogP contribution in [-0.2, 0) is 49.5 Å². The van der Waals surface area contributed by atoms with Crippen LogP contribution in [0.15, 0.2) is 99.0 Å². The van der Waals surface area contributed by atoms with Gasteiger partial charge in [-0.1, -0.05) is 79.8 Å². The molecule has 0 saturated carbocycles. The van der Waals surface area contributed by atoms with Gasteiger partial charge in [-0.15, -0.1) is 10.2 Å². The van der Waals surface area contributed by atoms with Gasteiger partial charge in [-0.3, -0.25) is 33.7 Å². The standard InChI is InChI=1S/C74H99N17O13S3/c1-47(44-87(11)71(99)103-73(5,6)7)64(94)78-62(67(97)91-70(82-84-86-91)107-56-32-18-14-19-33-56)50(4)102-40-26-28-52-41-51(42-53(43-52)76-60(93)36-20-15-23-37-75-59(92)35-22-21-34-58-63-57(46-105-58)77-68(98)80-63)27-25-39-101-49(3)61(79-65(95)48(2)88(12)72(100)104-74(8,9)10)66(96)89-38-24-29-54(89)45-90-69(81-83-85-90)106-55-30-16-13-17-31-55/h13-14,16-19,30-33,41-43,47-50,54,57-58,61-63H,15,20-24,29,34-40,44-46H2,1-12H3,(H,75,92)(H,76,93)(H,78,94)(H,79,95)(H2,77,80,98)/t47-,48+,49-,50-,54+,57+,58?,61+,62+,63+/m1/s1. The fourth-order valence-corrected chi connectivity index (χ4v) is 14.9. The number of rotatable bonds is 33. The van der Waals surface area contributed by atoms with Crippen molar-refractivity contribution in [1.82, 2.24) is 81.7 Å². The lowest BCUT2D eigenvalue weighted by Gasteiger charge is -2.33. The van der Waals surface area contributed by atoms with E-state index < -0.39 is 83.3 Å². The molecule has 5 heterocycles. The van der Waals surface area contributed by atoms with Gasteiger partial charge in [0, 0.05) is 84.2 Å². The summed E-state index contributed by atoms with van der Waals surface area (Å²) in [7, 11) is 2.95. The van der Waals surface area contributed by atoms with Crippen LogP contribution in [0, 0.1) is 29.6 Å². The number of carbonyl (C=O) groups excluding carboxylic acids is 9. The first kappa shape index (κ1) is 83.4. The van der Waals surface area contributed by atoms with Gasteiger partial charge >= 0.3 is 18.2 Å². The molecule has 3 aliphatic heterocycles. The third-order valence-corrected chi connectivity index (χ3v) is 20.9. The van der Waals surface area contributed by atoms with E-state index in [4.69, 9.17) is 18.9 Å². The number of aromatic nitrogens is 8. The number of ether oxygens (including phenoxy) is 4. The van der Waals surface area contributed by atoms with Crippen LogP contribution in [0.2, 0.25) is 0 Å². The number of urea groups is 1. The maximum Gasteiger partial charge on any atom is 0.410 e. The van der Waals surface area contributed by atoms with Gasteiger partial charge in [-0.25, -0.2) is 19.1 Å². The summed E-state index contributed by atoms with van der Waals surface area (Å²) in [5.74, 6) is 9.63. The molecule has 0 radical (unpaired) electrons. The van der Waals surface area contributed by atoms with E-state index in [2.05, 4.69) is 86.6 Å². The number of tetrazole rings is 2. The number of amides is 9. The molecular formula is C74H99N17O13S3. The number of hydrogen-bond donors (Lipinski definition) is 6. The minimum absolute atomic E-state index is 0.0265. The van der Waals surface area contributed by atoms with Crippen LogP contribution in [0.5, 0.6) is 0 Å². The zero-order valence-electron chi connectivity index (χ0n) is 62.8. The van der Waals surface area contributed by atoms with Gasteiger partial charge in [-0.05, 0) is 188 Å². The first-order valence-corrected chi connectivity index (χ1v) is 38.6. The maximum atomic E-state index is 15.0. The Morgan fingerprint density at radius 3 is 1.92 bits per heavy atom. The second-order valence-corrected chi connectivity index (χ2v) is 31.9. The fraction of sp³-hybridized carbons (Fsp3) is 0.554. The second-order valence-electron chi connectivity index (χ2n) is 28.5. The summed E-state index contributed by atoms with van der Waals surface area (Å²) in [6.45, 7) is 17.3. The monoisotopic (exact) mass is 1530 g/mol. The Morgan fingerprint density at radius 2 is 1.27 bits per heavy atom. The fourth-order valence-electron chi connectivity index (χ4n) is 11.7. The maximum absolute atomic E-state index is 15.0. The molecule has 2 aromatic heterocycles. The van der Waals surface area contributed by atoms with E-state index in [9.17, 15) is 43.2 Å². The van der Waals surface area contributed by atoms with Crippen LogP contribution in [-0.4, -0.2) is 226 Å². The van der Waals surface area contributed by atoms with Crippen LogP contribution in [0.25, 0.3) is 0 Å². The van der Waals surface area contributed by atoms with Crippen LogP contribution in [0.1, 0.15) is 149 Å². The van der Waals surface area contributed by atoms with Gasteiger partial charge in [-0.2, -0.15) is 16.4 Å². The molecule has 6 N–H and O–H groups in total. The van der Waals surface area contributed by atoms with Gasteiger partial charge in [0.1, 0.15) is 42.5 Å². The Bertz CT molecular complexity index is 4000. The van der Waals surface area contributed by atoms with Gasteiger partial charge in [0.15, 0.2) is 0 Å². The molecule has 9 amide bonds. The largest absolute Gasteiger partial charge is 0.444 e. The molecule has 0 bridgehead atoms. The number of fused-ring (bicyclic) bond motifs is 1. The van der Waals surface area contributed by atoms with Crippen molar-refractivity contribution in [1.29, 1.82) is 0 Å². The highest BCUT2D eigenvalue weighted by molar-refractivity contribution is 8.00. The van der Waals surface area contributed by atoms with Gasteiger partial charge in [0.2, 0.25) is 39.8 Å². The van der Waals surface area contributed by atoms with Crippen molar-refractivity contribution in [2.45, 2.75) is 225 Å². The van der Waals surface area contributed by atoms with E-state index in [1.165, 1.54) is 37.7 Å². The van der Waals surface area contributed by atoms with Crippen molar-refractivity contribution in [3.8, 4) is 23.7 Å². The highest BCUT2D eigenvalue weighted by atomic mass is 32.2. The van der Waals surface area contributed by atoms with E-state index in [-0.39, 0.29) is 73.9 Å². The Hall–Kier alpha value is -9.28. The Morgan fingerprint density at radius 1 is 0.692 bits per heavy atom. The van der Waals surface area contributed by atoms with Crippen LogP contribution < -0.4 is 31.9 Å². The second kappa shape index (κ2) is 40.1. The van der Waals surface area contributed by atoms with Crippen LogP contribution in [0.3, 0.4) is 0 Å². The average molecular weight is 1530 g/mol. The summed E-state index contributed by atoms with van der Waals surface area (Å²) >= 11 is 4.38. The molecular weight excluding hydrogens is 1430 g/mol. The Labute approximate surface area is 637 Å². The molecule has 1 unspecified atom stereocenters. The highest BCUT2D eigenvalue weighted by Gasteiger charge is 2.43. The molecule has 3 aromatic carbocycles. The third-order valence-electron chi connectivity index (χ3n) is 17.5. The third kappa shape index (κ3) is 26.3. The summed E-state index contributed by atoms with van der Waals surface area (Å²) in [4.78, 5) is 128.